The number of carbonyl (C=O) groups excluding carboxylic acids is 1. The minimum atomic E-state index is -1.93. The molecule has 0 spiro atoms. The van der Waals surface area contributed by atoms with Crippen molar-refractivity contribution in [2.75, 3.05) is 7.11 Å². The van der Waals surface area contributed by atoms with Gasteiger partial charge in [0.15, 0.2) is 0 Å². The Kier molecular flexibility index (Phi) is 4.82. The van der Waals surface area contributed by atoms with Gasteiger partial charge in [-0.15, -0.1) is 0 Å². The Balaban J connectivity index is 2.03. The van der Waals surface area contributed by atoms with Crippen LogP contribution < -0.4 is 9.47 Å². The number of hydrogen-bond donors (Lipinski definition) is 1. The maximum atomic E-state index is 12.9. The molecule has 1 N–H and O–H groups in total. The Morgan fingerprint density at radius 3 is 1.84 bits per heavy atom. The van der Waals surface area contributed by atoms with Crippen LogP contribution in [0.4, 0.5) is 0 Å². The first-order valence-corrected chi connectivity index (χ1v) is 7.84. The quantitative estimate of drug-likeness (QED) is 0.573. The molecule has 3 rings (SSSR count). The van der Waals surface area contributed by atoms with Crippen LogP contribution in [0.2, 0.25) is 0 Å². The monoisotopic (exact) mass is 334 g/mol. The molecule has 4 nitrogen and oxygen atoms in total. The first-order valence-electron chi connectivity index (χ1n) is 7.84. The second kappa shape index (κ2) is 7.20. The normalized spacial score (nSPS) is 12.9. The number of hydrogen-bond acceptors (Lipinski definition) is 4. The van der Waals surface area contributed by atoms with Crippen LogP contribution in [0.3, 0.4) is 0 Å². The molecule has 0 amide bonds. The van der Waals surface area contributed by atoms with E-state index in [0.29, 0.717) is 22.6 Å². The number of ether oxygens (including phenoxy) is 2. The zero-order chi connectivity index (χ0) is 17.7. The number of methoxy groups -OCH3 is 1. The van der Waals surface area contributed by atoms with Gasteiger partial charge < -0.3 is 14.6 Å². The lowest BCUT2D eigenvalue weighted by molar-refractivity contribution is -0.152. The maximum absolute atomic E-state index is 12.9. The van der Waals surface area contributed by atoms with Crippen LogP contribution in [-0.4, -0.2) is 18.2 Å². The fourth-order valence-electron chi connectivity index (χ4n) is 2.58. The SMILES string of the molecule is COc1ccc([C@](O)(C(=O)Oc2ccccc2)c2ccccc2)cc1. The Morgan fingerprint density at radius 2 is 1.28 bits per heavy atom. The van der Waals surface area contributed by atoms with Gasteiger partial charge >= 0.3 is 5.97 Å². The van der Waals surface area contributed by atoms with Crippen LogP contribution in [0.1, 0.15) is 11.1 Å². The largest absolute Gasteiger partial charge is 0.497 e. The van der Waals surface area contributed by atoms with E-state index in [1.807, 2.05) is 12.1 Å². The van der Waals surface area contributed by atoms with Crippen molar-refractivity contribution in [3.05, 3.63) is 96.1 Å². The lowest BCUT2D eigenvalue weighted by atomic mass is 9.86. The molecule has 3 aromatic rings. The van der Waals surface area contributed by atoms with E-state index in [-0.39, 0.29) is 0 Å². The smallest absolute Gasteiger partial charge is 0.353 e. The number of rotatable bonds is 5. The van der Waals surface area contributed by atoms with E-state index in [9.17, 15) is 9.90 Å². The highest BCUT2D eigenvalue weighted by Gasteiger charge is 2.42. The molecule has 0 aliphatic rings. The third-order valence-electron chi connectivity index (χ3n) is 3.95. The summed E-state index contributed by atoms with van der Waals surface area (Å²) < 4.78 is 10.6. The van der Waals surface area contributed by atoms with Crippen molar-refractivity contribution in [3.8, 4) is 11.5 Å². The highest BCUT2D eigenvalue weighted by Crippen LogP contribution is 2.32. The second-order valence-electron chi connectivity index (χ2n) is 5.51. The van der Waals surface area contributed by atoms with Crippen molar-refractivity contribution < 1.29 is 19.4 Å². The van der Waals surface area contributed by atoms with Gasteiger partial charge in [-0.25, -0.2) is 4.79 Å². The molecule has 126 valence electrons. The minimum Gasteiger partial charge on any atom is -0.497 e. The molecular formula is C21H18O4. The Morgan fingerprint density at radius 1 is 0.760 bits per heavy atom. The van der Waals surface area contributed by atoms with Gasteiger partial charge in [0, 0.05) is 0 Å². The average Bonchev–Trinajstić information content (AvgIpc) is 2.69. The summed E-state index contributed by atoms with van der Waals surface area (Å²) >= 11 is 0. The van der Waals surface area contributed by atoms with Crippen LogP contribution in [0.5, 0.6) is 11.5 Å². The van der Waals surface area contributed by atoms with E-state index in [1.165, 1.54) is 0 Å². The molecule has 0 unspecified atom stereocenters. The standard InChI is InChI=1S/C21H18O4/c1-24-18-14-12-17(13-15-18)21(23,16-8-4-2-5-9-16)20(22)25-19-10-6-3-7-11-19/h2-15,23H,1H3/t21-/m0/s1. The van der Waals surface area contributed by atoms with Crippen molar-refractivity contribution >= 4 is 5.97 Å². The molecule has 0 radical (unpaired) electrons. The summed E-state index contributed by atoms with van der Waals surface area (Å²) in [4.78, 5) is 12.9. The molecule has 0 bridgehead atoms. The van der Waals surface area contributed by atoms with Gasteiger partial charge in [-0.1, -0.05) is 60.7 Å². The molecule has 3 aromatic carbocycles. The average molecular weight is 334 g/mol. The summed E-state index contributed by atoms with van der Waals surface area (Å²) in [6, 6.07) is 24.1. The van der Waals surface area contributed by atoms with E-state index in [2.05, 4.69) is 0 Å². The van der Waals surface area contributed by atoms with Gasteiger partial charge in [0.25, 0.3) is 0 Å². The highest BCUT2D eigenvalue weighted by atomic mass is 16.6. The summed E-state index contributed by atoms with van der Waals surface area (Å²) in [6.45, 7) is 0. The van der Waals surface area contributed by atoms with Crippen molar-refractivity contribution in [2.45, 2.75) is 5.60 Å². The zero-order valence-electron chi connectivity index (χ0n) is 13.8. The third kappa shape index (κ3) is 3.39. The predicted molar refractivity (Wildman–Crippen MR) is 94.5 cm³/mol. The topological polar surface area (TPSA) is 55.8 Å². The van der Waals surface area contributed by atoms with Crippen LogP contribution in [0.15, 0.2) is 84.9 Å². The van der Waals surface area contributed by atoms with Gasteiger partial charge in [0.05, 0.1) is 7.11 Å². The first-order chi connectivity index (χ1) is 12.1. The van der Waals surface area contributed by atoms with Crippen LogP contribution >= 0.6 is 0 Å². The summed E-state index contributed by atoms with van der Waals surface area (Å²) in [7, 11) is 1.56. The molecule has 0 aromatic heterocycles. The van der Waals surface area contributed by atoms with Crippen molar-refractivity contribution in [2.24, 2.45) is 0 Å². The van der Waals surface area contributed by atoms with E-state index in [1.54, 1.807) is 79.9 Å². The fourth-order valence-corrected chi connectivity index (χ4v) is 2.58. The van der Waals surface area contributed by atoms with E-state index in [0.717, 1.165) is 0 Å². The Bertz CT molecular complexity index is 829. The highest BCUT2D eigenvalue weighted by molar-refractivity contribution is 5.87. The fraction of sp³-hybridized carbons (Fsp3) is 0.0952. The second-order valence-corrected chi connectivity index (χ2v) is 5.51. The molecule has 25 heavy (non-hydrogen) atoms. The van der Waals surface area contributed by atoms with Crippen LogP contribution in [0, 0.1) is 0 Å². The predicted octanol–water partition coefficient (Wildman–Crippen LogP) is 3.54. The summed E-state index contributed by atoms with van der Waals surface area (Å²) in [5, 5.41) is 11.3. The number of para-hydroxylation sites is 1. The van der Waals surface area contributed by atoms with Crippen molar-refractivity contribution in [1.29, 1.82) is 0 Å². The number of carbonyl (C=O) groups is 1. The number of esters is 1. The summed E-state index contributed by atoms with van der Waals surface area (Å²) in [5.74, 6) is 0.237. The molecule has 1 atom stereocenters. The van der Waals surface area contributed by atoms with Crippen LogP contribution in [-0.2, 0) is 10.4 Å². The zero-order valence-corrected chi connectivity index (χ0v) is 13.8. The van der Waals surface area contributed by atoms with Gasteiger partial charge in [-0.3, -0.25) is 0 Å². The minimum absolute atomic E-state index is 0.371. The van der Waals surface area contributed by atoms with Gasteiger partial charge in [-0.05, 0) is 35.4 Å². The molecule has 4 heteroatoms. The number of aliphatic hydroxyl groups is 1. The van der Waals surface area contributed by atoms with Crippen LogP contribution in [0.25, 0.3) is 0 Å². The van der Waals surface area contributed by atoms with E-state index < -0.39 is 11.6 Å². The molecule has 0 saturated carbocycles. The molecule has 0 heterocycles. The van der Waals surface area contributed by atoms with Crippen molar-refractivity contribution in [1.82, 2.24) is 0 Å². The molecular weight excluding hydrogens is 316 g/mol. The van der Waals surface area contributed by atoms with Gasteiger partial charge in [0.1, 0.15) is 11.5 Å². The first kappa shape index (κ1) is 16.7. The lowest BCUT2D eigenvalue weighted by Crippen LogP contribution is -2.40. The molecule has 0 aliphatic heterocycles. The van der Waals surface area contributed by atoms with Gasteiger partial charge in [0.2, 0.25) is 5.60 Å². The molecule has 0 aliphatic carbocycles. The lowest BCUT2D eigenvalue weighted by Gasteiger charge is -2.27. The maximum Gasteiger partial charge on any atom is 0.353 e. The Labute approximate surface area is 146 Å². The van der Waals surface area contributed by atoms with Gasteiger partial charge in [-0.2, -0.15) is 0 Å². The third-order valence-corrected chi connectivity index (χ3v) is 3.95. The summed E-state index contributed by atoms with van der Waals surface area (Å²) in [6.07, 6.45) is 0. The number of benzene rings is 3. The van der Waals surface area contributed by atoms with E-state index >= 15 is 0 Å². The Hall–Kier alpha value is -3.11. The van der Waals surface area contributed by atoms with E-state index in [4.69, 9.17) is 9.47 Å². The van der Waals surface area contributed by atoms with Crippen molar-refractivity contribution in [3.63, 3.8) is 0 Å². The summed E-state index contributed by atoms with van der Waals surface area (Å²) in [5.41, 5.74) is -1.09. The molecule has 0 fully saturated rings. The molecule has 0 saturated heterocycles.